The molecule has 6 heteroatoms. The number of benzene rings is 2. The number of carbonyl (C=O) groups is 2. The standard InChI is InChI=1S/C30H38N4O2/c1-19(2)31-28(35)26-14-25(7-8-27(26)34-10-9-23-5-3-4-6-24(23)18-34)32-29(36)33-30-15-20-11-21(16-30)13-22(12-20)17-30/h3-8,14,19-22H,9-13,15-18H2,1-2H3,(H,31,35)(H2,32,33,36). The summed E-state index contributed by atoms with van der Waals surface area (Å²) in [7, 11) is 0. The van der Waals surface area contributed by atoms with Gasteiger partial charge in [-0.3, -0.25) is 4.79 Å². The van der Waals surface area contributed by atoms with E-state index in [1.54, 1.807) is 0 Å². The molecule has 1 aliphatic heterocycles. The summed E-state index contributed by atoms with van der Waals surface area (Å²) in [6.45, 7) is 5.57. The summed E-state index contributed by atoms with van der Waals surface area (Å²) in [4.78, 5) is 28.7. The van der Waals surface area contributed by atoms with E-state index in [1.807, 2.05) is 32.0 Å². The summed E-state index contributed by atoms with van der Waals surface area (Å²) >= 11 is 0. The zero-order valence-electron chi connectivity index (χ0n) is 21.5. The van der Waals surface area contributed by atoms with Crippen molar-refractivity contribution in [1.82, 2.24) is 10.6 Å². The zero-order valence-corrected chi connectivity index (χ0v) is 21.5. The van der Waals surface area contributed by atoms with Crippen molar-refractivity contribution in [3.05, 3.63) is 59.2 Å². The molecule has 2 aromatic carbocycles. The lowest BCUT2D eigenvalue weighted by Crippen LogP contribution is -2.60. The number of fused-ring (bicyclic) bond motifs is 1. The van der Waals surface area contributed by atoms with E-state index in [1.165, 1.54) is 30.4 Å². The predicted octanol–water partition coefficient (Wildman–Crippen LogP) is 5.48. The molecule has 0 unspecified atom stereocenters. The van der Waals surface area contributed by atoms with Crippen molar-refractivity contribution >= 4 is 23.3 Å². The molecule has 4 aliphatic carbocycles. The maximum atomic E-state index is 13.2. The van der Waals surface area contributed by atoms with Crippen LogP contribution in [0.25, 0.3) is 0 Å². The Balaban J connectivity index is 1.21. The van der Waals surface area contributed by atoms with Gasteiger partial charge in [0.15, 0.2) is 0 Å². The van der Waals surface area contributed by atoms with Crippen molar-refractivity contribution in [1.29, 1.82) is 0 Å². The van der Waals surface area contributed by atoms with E-state index >= 15 is 0 Å². The van der Waals surface area contributed by atoms with Crippen LogP contribution in [0.5, 0.6) is 0 Å². The highest BCUT2D eigenvalue weighted by atomic mass is 16.2. The van der Waals surface area contributed by atoms with Crippen LogP contribution in [0.2, 0.25) is 0 Å². The van der Waals surface area contributed by atoms with Crippen molar-refractivity contribution in [3.63, 3.8) is 0 Å². The second-order valence-corrected chi connectivity index (χ2v) is 12.1. The lowest BCUT2D eigenvalue weighted by atomic mass is 9.53. The molecule has 4 fully saturated rings. The van der Waals surface area contributed by atoms with Crippen molar-refractivity contribution in [2.75, 3.05) is 16.8 Å². The summed E-state index contributed by atoms with van der Waals surface area (Å²) in [6.07, 6.45) is 8.34. The fourth-order valence-corrected chi connectivity index (χ4v) is 7.78. The van der Waals surface area contributed by atoms with E-state index in [9.17, 15) is 9.59 Å². The highest BCUT2D eigenvalue weighted by Gasteiger charge is 2.51. The molecule has 2 aromatic rings. The Morgan fingerprint density at radius 3 is 2.28 bits per heavy atom. The summed E-state index contributed by atoms with van der Waals surface area (Å²) in [5.41, 5.74) is 4.81. The van der Waals surface area contributed by atoms with Gasteiger partial charge in [-0.1, -0.05) is 24.3 Å². The molecule has 190 valence electrons. The largest absolute Gasteiger partial charge is 0.366 e. The molecule has 0 aromatic heterocycles. The van der Waals surface area contributed by atoms with Gasteiger partial charge >= 0.3 is 6.03 Å². The first kappa shape index (κ1) is 23.4. The summed E-state index contributed by atoms with van der Waals surface area (Å²) < 4.78 is 0. The van der Waals surface area contributed by atoms with Gasteiger partial charge in [0.2, 0.25) is 0 Å². The Labute approximate surface area is 214 Å². The van der Waals surface area contributed by atoms with Gasteiger partial charge in [0.25, 0.3) is 5.91 Å². The minimum absolute atomic E-state index is 0.0310. The lowest BCUT2D eigenvalue weighted by Gasteiger charge is -2.56. The maximum absolute atomic E-state index is 13.2. The molecule has 3 amide bonds. The second kappa shape index (κ2) is 9.13. The highest BCUT2D eigenvalue weighted by Crippen LogP contribution is 2.55. The molecule has 5 aliphatic rings. The highest BCUT2D eigenvalue weighted by molar-refractivity contribution is 6.02. The number of hydrogen-bond acceptors (Lipinski definition) is 3. The molecular weight excluding hydrogens is 448 g/mol. The Morgan fingerprint density at radius 1 is 0.944 bits per heavy atom. The lowest BCUT2D eigenvalue weighted by molar-refractivity contribution is -0.0127. The minimum atomic E-state index is -0.146. The molecular formula is C30H38N4O2. The monoisotopic (exact) mass is 486 g/mol. The molecule has 7 rings (SSSR count). The maximum Gasteiger partial charge on any atom is 0.319 e. The molecule has 0 spiro atoms. The molecule has 36 heavy (non-hydrogen) atoms. The van der Waals surface area contributed by atoms with Crippen LogP contribution in [-0.4, -0.2) is 30.1 Å². The Kier molecular flexibility index (Phi) is 5.93. The van der Waals surface area contributed by atoms with Crippen LogP contribution in [0.3, 0.4) is 0 Å². The number of nitrogens with one attached hydrogen (secondary N) is 3. The van der Waals surface area contributed by atoms with Crippen molar-refractivity contribution in [2.45, 2.75) is 76.9 Å². The quantitative estimate of drug-likeness (QED) is 0.524. The molecule has 1 heterocycles. The van der Waals surface area contributed by atoms with Gasteiger partial charge in [0.1, 0.15) is 0 Å². The molecule has 3 N–H and O–H groups in total. The van der Waals surface area contributed by atoms with Gasteiger partial charge < -0.3 is 20.9 Å². The number of rotatable bonds is 5. The predicted molar refractivity (Wildman–Crippen MR) is 143 cm³/mol. The van der Waals surface area contributed by atoms with E-state index in [4.69, 9.17) is 0 Å². The first-order valence-corrected chi connectivity index (χ1v) is 13.7. The second-order valence-electron chi connectivity index (χ2n) is 12.1. The average molecular weight is 487 g/mol. The van der Waals surface area contributed by atoms with Crippen molar-refractivity contribution < 1.29 is 9.59 Å². The third-order valence-electron chi connectivity index (χ3n) is 8.81. The van der Waals surface area contributed by atoms with Crippen LogP contribution in [0.4, 0.5) is 16.2 Å². The first-order valence-electron chi connectivity index (χ1n) is 13.7. The molecule has 0 radical (unpaired) electrons. The van der Waals surface area contributed by atoms with E-state index in [0.29, 0.717) is 11.3 Å². The molecule has 0 atom stereocenters. The fourth-order valence-electron chi connectivity index (χ4n) is 7.78. The third kappa shape index (κ3) is 4.58. The molecule has 0 saturated heterocycles. The van der Waals surface area contributed by atoms with Gasteiger partial charge in [-0.25, -0.2) is 4.79 Å². The minimum Gasteiger partial charge on any atom is -0.366 e. The number of carbonyl (C=O) groups excluding carboxylic acids is 2. The van der Waals surface area contributed by atoms with E-state index < -0.39 is 0 Å². The van der Waals surface area contributed by atoms with Crippen LogP contribution in [0, 0.1) is 17.8 Å². The topological polar surface area (TPSA) is 73.5 Å². The van der Waals surface area contributed by atoms with Crippen molar-refractivity contribution in [3.8, 4) is 0 Å². The molecule has 4 saturated carbocycles. The van der Waals surface area contributed by atoms with Gasteiger partial charge in [0, 0.05) is 36.0 Å². The fraction of sp³-hybridized carbons (Fsp3) is 0.533. The van der Waals surface area contributed by atoms with Gasteiger partial charge in [0.05, 0.1) is 5.56 Å². The summed E-state index contributed by atoms with van der Waals surface area (Å²) in [6, 6.07) is 14.2. The first-order chi connectivity index (χ1) is 17.4. The average Bonchev–Trinajstić information content (AvgIpc) is 2.82. The normalized spacial score (nSPS) is 28.1. The smallest absolute Gasteiger partial charge is 0.319 e. The Morgan fingerprint density at radius 2 is 1.61 bits per heavy atom. The Hall–Kier alpha value is -3.02. The molecule has 4 bridgehead atoms. The number of nitrogens with zero attached hydrogens (tertiary/aromatic N) is 1. The number of amides is 3. The number of hydrogen-bond donors (Lipinski definition) is 3. The van der Waals surface area contributed by atoms with E-state index in [2.05, 4.69) is 45.1 Å². The third-order valence-corrected chi connectivity index (χ3v) is 8.81. The van der Waals surface area contributed by atoms with Crippen LogP contribution in [0.15, 0.2) is 42.5 Å². The van der Waals surface area contributed by atoms with Gasteiger partial charge in [-0.2, -0.15) is 0 Å². The van der Waals surface area contributed by atoms with Crippen LogP contribution in [-0.2, 0) is 13.0 Å². The van der Waals surface area contributed by atoms with Crippen LogP contribution in [0.1, 0.15) is 73.9 Å². The summed E-state index contributed by atoms with van der Waals surface area (Å²) in [5.74, 6) is 2.22. The van der Waals surface area contributed by atoms with Crippen LogP contribution >= 0.6 is 0 Å². The SMILES string of the molecule is CC(C)NC(=O)c1cc(NC(=O)NC23CC4CC(CC(C4)C2)C3)ccc1N1CCc2ccccc2C1. The van der Waals surface area contributed by atoms with Crippen LogP contribution < -0.4 is 20.9 Å². The number of urea groups is 1. The Bertz CT molecular complexity index is 1140. The summed E-state index contributed by atoms with van der Waals surface area (Å²) in [5, 5.41) is 9.49. The van der Waals surface area contributed by atoms with Gasteiger partial charge in [-0.15, -0.1) is 0 Å². The van der Waals surface area contributed by atoms with E-state index in [0.717, 1.165) is 62.2 Å². The van der Waals surface area contributed by atoms with Gasteiger partial charge in [-0.05, 0) is 106 Å². The number of anilines is 2. The van der Waals surface area contributed by atoms with E-state index in [-0.39, 0.29) is 23.5 Å². The van der Waals surface area contributed by atoms with Crippen molar-refractivity contribution in [2.24, 2.45) is 17.8 Å². The zero-order chi connectivity index (χ0) is 24.9. The molecule has 6 nitrogen and oxygen atoms in total.